The standard InChI is InChI=1S/C22H25ClN2O4/c1-13-9-10-17(11-14(13)2)15(3)24-20(26)12-29-22(28)16(4)25-21(27)18-7-5-6-8-19(18)23/h5-11,15-16H,12H2,1-4H3,(H,24,26)(H,25,27)/t15-,16-/m0/s1. The van der Waals surface area contributed by atoms with Gasteiger partial charge in [0.05, 0.1) is 16.6 Å². The molecule has 0 spiro atoms. The molecule has 2 amide bonds. The lowest BCUT2D eigenvalue weighted by Gasteiger charge is -2.17. The first-order valence-electron chi connectivity index (χ1n) is 9.27. The van der Waals surface area contributed by atoms with Gasteiger partial charge in [0.25, 0.3) is 11.8 Å². The van der Waals surface area contributed by atoms with Crippen LogP contribution in [0.4, 0.5) is 0 Å². The number of hydrogen-bond donors (Lipinski definition) is 2. The van der Waals surface area contributed by atoms with Crippen LogP contribution in [0.1, 0.15) is 46.9 Å². The maximum absolute atomic E-state index is 12.2. The van der Waals surface area contributed by atoms with Gasteiger partial charge in [-0.05, 0) is 56.5 Å². The molecule has 0 aromatic heterocycles. The van der Waals surface area contributed by atoms with Crippen molar-refractivity contribution >= 4 is 29.4 Å². The third-order valence-corrected chi connectivity index (χ3v) is 4.90. The maximum Gasteiger partial charge on any atom is 0.328 e. The molecule has 0 radical (unpaired) electrons. The van der Waals surface area contributed by atoms with Gasteiger partial charge in [0.2, 0.25) is 0 Å². The summed E-state index contributed by atoms with van der Waals surface area (Å²) in [5, 5.41) is 5.58. The number of carbonyl (C=O) groups excluding carboxylic acids is 3. The highest BCUT2D eigenvalue weighted by Crippen LogP contribution is 2.17. The van der Waals surface area contributed by atoms with Gasteiger partial charge < -0.3 is 15.4 Å². The molecule has 154 valence electrons. The number of nitrogens with one attached hydrogen (secondary N) is 2. The van der Waals surface area contributed by atoms with Crippen LogP contribution in [0.5, 0.6) is 0 Å². The van der Waals surface area contributed by atoms with Gasteiger partial charge in [-0.2, -0.15) is 0 Å². The van der Waals surface area contributed by atoms with Crippen molar-refractivity contribution in [1.29, 1.82) is 0 Å². The third-order valence-electron chi connectivity index (χ3n) is 4.57. The molecule has 2 N–H and O–H groups in total. The summed E-state index contributed by atoms with van der Waals surface area (Å²) in [7, 11) is 0. The van der Waals surface area contributed by atoms with Crippen LogP contribution in [0.15, 0.2) is 42.5 Å². The van der Waals surface area contributed by atoms with Crippen molar-refractivity contribution in [2.45, 2.75) is 39.8 Å². The summed E-state index contributed by atoms with van der Waals surface area (Å²) in [6.45, 7) is 6.93. The van der Waals surface area contributed by atoms with Crippen molar-refractivity contribution in [3.8, 4) is 0 Å². The molecule has 0 aliphatic rings. The third kappa shape index (κ3) is 6.32. The maximum atomic E-state index is 12.2. The van der Waals surface area contributed by atoms with Crippen molar-refractivity contribution in [3.05, 3.63) is 69.7 Å². The molecular formula is C22H25ClN2O4. The summed E-state index contributed by atoms with van der Waals surface area (Å²) in [5.41, 5.74) is 3.54. The second-order valence-electron chi connectivity index (χ2n) is 6.92. The molecule has 0 unspecified atom stereocenters. The number of rotatable bonds is 7. The Bertz CT molecular complexity index is 913. The zero-order valence-electron chi connectivity index (χ0n) is 16.9. The minimum atomic E-state index is -0.927. The van der Waals surface area contributed by atoms with E-state index >= 15 is 0 Å². The molecule has 0 heterocycles. The number of hydrogen-bond acceptors (Lipinski definition) is 4. The van der Waals surface area contributed by atoms with Crippen LogP contribution in [0.3, 0.4) is 0 Å². The summed E-state index contributed by atoms with van der Waals surface area (Å²) in [5.74, 6) is -1.62. The van der Waals surface area contributed by atoms with Crippen molar-refractivity contribution in [2.75, 3.05) is 6.61 Å². The molecule has 0 aliphatic carbocycles. The van der Waals surface area contributed by atoms with Gasteiger partial charge in [0.15, 0.2) is 6.61 Å². The highest BCUT2D eigenvalue weighted by Gasteiger charge is 2.20. The SMILES string of the molecule is Cc1ccc([C@H](C)NC(=O)COC(=O)[C@H](C)NC(=O)c2ccccc2Cl)cc1C. The second kappa shape index (κ2) is 10.1. The Labute approximate surface area is 175 Å². The van der Waals surface area contributed by atoms with Crippen molar-refractivity contribution in [2.24, 2.45) is 0 Å². The highest BCUT2D eigenvalue weighted by atomic mass is 35.5. The monoisotopic (exact) mass is 416 g/mol. The Morgan fingerprint density at radius 1 is 1.00 bits per heavy atom. The van der Waals surface area contributed by atoms with Gasteiger partial charge in [-0.25, -0.2) is 4.79 Å². The predicted molar refractivity (Wildman–Crippen MR) is 112 cm³/mol. The molecular weight excluding hydrogens is 392 g/mol. The fraction of sp³-hybridized carbons (Fsp3) is 0.318. The molecule has 0 saturated heterocycles. The normalized spacial score (nSPS) is 12.6. The molecule has 7 heteroatoms. The molecule has 0 aliphatic heterocycles. The quantitative estimate of drug-likeness (QED) is 0.676. The van der Waals surface area contributed by atoms with Gasteiger partial charge in [-0.15, -0.1) is 0 Å². The number of aryl methyl sites for hydroxylation is 2. The molecule has 2 aromatic carbocycles. The van der Waals surface area contributed by atoms with E-state index in [2.05, 4.69) is 10.6 Å². The van der Waals surface area contributed by atoms with Crippen LogP contribution in [0, 0.1) is 13.8 Å². The van der Waals surface area contributed by atoms with E-state index in [1.807, 2.05) is 39.0 Å². The molecule has 6 nitrogen and oxygen atoms in total. The van der Waals surface area contributed by atoms with E-state index in [9.17, 15) is 14.4 Å². The van der Waals surface area contributed by atoms with E-state index in [-0.39, 0.29) is 16.6 Å². The second-order valence-corrected chi connectivity index (χ2v) is 7.32. The lowest BCUT2D eigenvalue weighted by molar-refractivity contribution is -0.150. The van der Waals surface area contributed by atoms with Gasteiger partial charge in [-0.3, -0.25) is 9.59 Å². The first kappa shape index (κ1) is 22.4. The minimum absolute atomic E-state index is 0.224. The first-order chi connectivity index (χ1) is 13.7. The lowest BCUT2D eigenvalue weighted by Crippen LogP contribution is -2.41. The van der Waals surface area contributed by atoms with Crippen LogP contribution < -0.4 is 10.6 Å². The number of ether oxygens (including phenoxy) is 1. The first-order valence-corrected chi connectivity index (χ1v) is 9.65. The van der Waals surface area contributed by atoms with Crippen molar-refractivity contribution < 1.29 is 19.1 Å². The zero-order chi connectivity index (χ0) is 21.6. The molecule has 0 saturated carbocycles. The van der Waals surface area contributed by atoms with Crippen LogP contribution in [0.25, 0.3) is 0 Å². The van der Waals surface area contributed by atoms with E-state index in [0.717, 1.165) is 11.1 Å². The number of esters is 1. The minimum Gasteiger partial charge on any atom is -0.454 e. The van der Waals surface area contributed by atoms with E-state index in [1.165, 1.54) is 12.5 Å². The average Bonchev–Trinajstić information content (AvgIpc) is 2.68. The fourth-order valence-corrected chi connectivity index (χ4v) is 2.86. The largest absolute Gasteiger partial charge is 0.454 e. The molecule has 0 fully saturated rings. The van der Waals surface area contributed by atoms with E-state index < -0.39 is 30.4 Å². The summed E-state index contributed by atoms with van der Waals surface area (Å²) in [6.07, 6.45) is 0. The van der Waals surface area contributed by atoms with Crippen molar-refractivity contribution in [1.82, 2.24) is 10.6 Å². The lowest BCUT2D eigenvalue weighted by atomic mass is 10.0. The van der Waals surface area contributed by atoms with E-state index in [1.54, 1.807) is 24.3 Å². The van der Waals surface area contributed by atoms with Gasteiger partial charge in [0.1, 0.15) is 6.04 Å². The smallest absolute Gasteiger partial charge is 0.328 e. The molecule has 29 heavy (non-hydrogen) atoms. The Kier molecular flexibility index (Phi) is 7.79. The molecule has 0 bridgehead atoms. The number of benzene rings is 2. The number of amides is 2. The highest BCUT2D eigenvalue weighted by molar-refractivity contribution is 6.33. The molecule has 2 atom stereocenters. The van der Waals surface area contributed by atoms with Crippen LogP contribution in [-0.4, -0.2) is 30.4 Å². The van der Waals surface area contributed by atoms with Crippen molar-refractivity contribution in [3.63, 3.8) is 0 Å². The van der Waals surface area contributed by atoms with Gasteiger partial charge in [-0.1, -0.05) is 41.9 Å². The average molecular weight is 417 g/mol. The van der Waals surface area contributed by atoms with E-state index in [0.29, 0.717) is 0 Å². The summed E-state index contributed by atoms with van der Waals surface area (Å²) < 4.78 is 5.01. The topological polar surface area (TPSA) is 84.5 Å². The van der Waals surface area contributed by atoms with Crippen LogP contribution in [-0.2, 0) is 14.3 Å². The summed E-state index contributed by atoms with van der Waals surface area (Å²) in [6, 6.07) is 11.3. The van der Waals surface area contributed by atoms with Crippen LogP contribution in [0.2, 0.25) is 5.02 Å². The zero-order valence-corrected chi connectivity index (χ0v) is 17.7. The van der Waals surface area contributed by atoms with E-state index in [4.69, 9.17) is 16.3 Å². The summed E-state index contributed by atoms with van der Waals surface area (Å²) >= 11 is 5.97. The summed E-state index contributed by atoms with van der Waals surface area (Å²) in [4.78, 5) is 36.4. The molecule has 2 aromatic rings. The van der Waals surface area contributed by atoms with Gasteiger partial charge in [0, 0.05) is 0 Å². The Morgan fingerprint density at radius 2 is 1.69 bits per heavy atom. The molecule has 2 rings (SSSR count). The predicted octanol–water partition coefficient (Wildman–Crippen LogP) is 3.50. The van der Waals surface area contributed by atoms with Crippen LogP contribution >= 0.6 is 11.6 Å². The Balaban J connectivity index is 1.82. The number of halogens is 1. The Hall–Kier alpha value is -2.86. The number of carbonyl (C=O) groups is 3. The van der Waals surface area contributed by atoms with Gasteiger partial charge >= 0.3 is 5.97 Å². The fourth-order valence-electron chi connectivity index (χ4n) is 2.64. The Morgan fingerprint density at radius 3 is 2.34 bits per heavy atom.